The number of H-pyrrole nitrogens is 1. The maximum atomic E-state index is 5.69. The molecule has 0 radical (unpaired) electrons. The molecular weight excluding hydrogens is 246 g/mol. The van der Waals surface area contributed by atoms with Gasteiger partial charge in [0.1, 0.15) is 11.6 Å². The van der Waals surface area contributed by atoms with Gasteiger partial charge in [0, 0.05) is 18.4 Å². The molecule has 1 aromatic heterocycles. The molecule has 3 rings (SSSR count). The minimum absolute atomic E-state index is 0.233. The van der Waals surface area contributed by atoms with Crippen LogP contribution in [0.1, 0.15) is 30.8 Å². The van der Waals surface area contributed by atoms with Crippen molar-refractivity contribution in [2.24, 2.45) is 0 Å². The molecule has 1 aliphatic rings. The van der Waals surface area contributed by atoms with E-state index in [1.165, 1.54) is 5.56 Å². The van der Waals surface area contributed by atoms with Crippen LogP contribution in [0.3, 0.4) is 0 Å². The number of nitrogens with zero attached hydrogens (tertiary/aromatic N) is 2. The summed E-state index contributed by atoms with van der Waals surface area (Å²) in [4.78, 5) is 0. The highest BCUT2D eigenvalue weighted by Gasteiger charge is 2.25. The highest BCUT2D eigenvalue weighted by atomic mass is 32.1. The van der Waals surface area contributed by atoms with Gasteiger partial charge in [-0.25, -0.2) is 0 Å². The fraction of sp³-hybridized carbons (Fsp3) is 0.385. The van der Waals surface area contributed by atoms with Gasteiger partial charge in [-0.15, -0.1) is 0 Å². The van der Waals surface area contributed by atoms with Crippen LogP contribution in [-0.4, -0.2) is 21.4 Å². The van der Waals surface area contributed by atoms with E-state index in [-0.39, 0.29) is 6.04 Å². The van der Waals surface area contributed by atoms with Crippen LogP contribution in [0.2, 0.25) is 0 Å². The van der Waals surface area contributed by atoms with Crippen molar-refractivity contribution in [2.75, 3.05) is 6.61 Å². The predicted octanol–water partition coefficient (Wildman–Crippen LogP) is 2.87. The van der Waals surface area contributed by atoms with Crippen LogP contribution >= 0.6 is 12.2 Å². The van der Waals surface area contributed by atoms with Gasteiger partial charge in [0.05, 0.1) is 12.6 Å². The van der Waals surface area contributed by atoms with E-state index in [1.54, 1.807) is 0 Å². The van der Waals surface area contributed by atoms with Gasteiger partial charge in [0.25, 0.3) is 0 Å². The monoisotopic (exact) mass is 261 g/mol. The predicted molar refractivity (Wildman–Crippen MR) is 71.5 cm³/mol. The number of aromatic amines is 1. The quantitative estimate of drug-likeness (QED) is 0.845. The number of ether oxygens (including phenoxy) is 1. The van der Waals surface area contributed by atoms with E-state index in [1.807, 2.05) is 18.2 Å². The Morgan fingerprint density at radius 2 is 2.33 bits per heavy atom. The highest BCUT2D eigenvalue weighted by molar-refractivity contribution is 7.71. The van der Waals surface area contributed by atoms with E-state index in [2.05, 4.69) is 27.8 Å². The average molecular weight is 261 g/mol. The number of aryl methyl sites for hydroxylation is 1. The second-order valence-electron chi connectivity index (χ2n) is 4.36. The Bertz CT molecular complexity index is 617. The fourth-order valence-electron chi connectivity index (χ4n) is 2.50. The summed E-state index contributed by atoms with van der Waals surface area (Å²) < 4.78 is 8.50. The number of benzene rings is 1. The van der Waals surface area contributed by atoms with Crippen LogP contribution in [0.5, 0.6) is 5.75 Å². The molecule has 1 aliphatic heterocycles. The van der Waals surface area contributed by atoms with Crippen LogP contribution in [0, 0.1) is 4.77 Å². The number of hydrogen-bond donors (Lipinski definition) is 1. The molecule has 2 aromatic rings. The molecule has 0 saturated heterocycles. The molecule has 0 saturated carbocycles. The van der Waals surface area contributed by atoms with Crippen molar-refractivity contribution in [1.29, 1.82) is 0 Å². The molecule has 0 fully saturated rings. The number of para-hydroxylation sites is 1. The molecule has 1 aromatic carbocycles. The van der Waals surface area contributed by atoms with E-state index in [9.17, 15) is 0 Å². The number of nitrogens with one attached hydrogen (secondary N) is 1. The van der Waals surface area contributed by atoms with Crippen molar-refractivity contribution >= 4 is 12.2 Å². The van der Waals surface area contributed by atoms with Gasteiger partial charge in [-0.3, -0.25) is 9.67 Å². The minimum Gasteiger partial charge on any atom is -0.493 e. The van der Waals surface area contributed by atoms with Gasteiger partial charge in [-0.05, 0) is 18.3 Å². The Balaban J connectivity index is 2.14. The lowest BCUT2D eigenvalue weighted by atomic mass is 10.0. The summed E-state index contributed by atoms with van der Waals surface area (Å²) in [6.45, 7) is 2.81. The van der Waals surface area contributed by atoms with Crippen molar-refractivity contribution in [3.05, 3.63) is 40.4 Å². The molecule has 0 bridgehead atoms. The minimum atomic E-state index is 0.233. The number of rotatable bonds is 2. The molecule has 1 atom stereocenters. The van der Waals surface area contributed by atoms with Gasteiger partial charge in [0.2, 0.25) is 0 Å². The third-order valence-corrected chi connectivity index (χ3v) is 3.62. The van der Waals surface area contributed by atoms with Crippen molar-refractivity contribution < 1.29 is 4.74 Å². The summed E-state index contributed by atoms with van der Waals surface area (Å²) >= 11 is 5.35. The first kappa shape index (κ1) is 11.5. The Hall–Kier alpha value is -1.62. The van der Waals surface area contributed by atoms with Gasteiger partial charge in [-0.2, -0.15) is 5.10 Å². The number of hydrogen-bond acceptors (Lipinski definition) is 3. The number of fused-ring (bicyclic) bond motifs is 1. The van der Waals surface area contributed by atoms with E-state index >= 15 is 0 Å². The SMILES string of the molecule is CCc1n[nH]c(=S)n1C1CCOc2ccccc21. The molecule has 94 valence electrons. The topological polar surface area (TPSA) is 42.8 Å². The summed E-state index contributed by atoms with van der Waals surface area (Å²) in [6.07, 6.45) is 1.80. The van der Waals surface area contributed by atoms with Crippen molar-refractivity contribution in [3.63, 3.8) is 0 Å². The summed E-state index contributed by atoms with van der Waals surface area (Å²) in [7, 11) is 0. The lowest BCUT2D eigenvalue weighted by molar-refractivity contribution is 0.254. The summed E-state index contributed by atoms with van der Waals surface area (Å²) in [5.41, 5.74) is 1.19. The molecule has 4 nitrogen and oxygen atoms in total. The van der Waals surface area contributed by atoms with E-state index in [0.717, 1.165) is 31.0 Å². The third kappa shape index (κ3) is 1.75. The summed E-state index contributed by atoms with van der Waals surface area (Å²) in [6, 6.07) is 8.38. The van der Waals surface area contributed by atoms with Crippen LogP contribution in [0.4, 0.5) is 0 Å². The second kappa shape index (κ2) is 4.57. The maximum Gasteiger partial charge on any atom is 0.195 e. The fourth-order valence-corrected chi connectivity index (χ4v) is 2.78. The van der Waals surface area contributed by atoms with Crippen LogP contribution in [0.25, 0.3) is 0 Å². The average Bonchev–Trinajstić information content (AvgIpc) is 2.79. The zero-order chi connectivity index (χ0) is 12.5. The molecule has 0 spiro atoms. The van der Waals surface area contributed by atoms with Crippen LogP contribution in [-0.2, 0) is 6.42 Å². The molecule has 0 aliphatic carbocycles. The standard InChI is InChI=1S/C13H15N3OS/c1-2-12-14-15-13(18)16(12)10-7-8-17-11-6-4-3-5-9(10)11/h3-6,10H,2,7-8H2,1H3,(H,15,18). The highest BCUT2D eigenvalue weighted by Crippen LogP contribution is 2.35. The second-order valence-corrected chi connectivity index (χ2v) is 4.75. The van der Waals surface area contributed by atoms with Crippen molar-refractivity contribution in [2.45, 2.75) is 25.8 Å². The Morgan fingerprint density at radius 3 is 3.17 bits per heavy atom. The van der Waals surface area contributed by atoms with E-state index < -0.39 is 0 Å². The smallest absolute Gasteiger partial charge is 0.195 e. The van der Waals surface area contributed by atoms with Crippen LogP contribution < -0.4 is 4.74 Å². The molecule has 1 unspecified atom stereocenters. The largest absolute Gasteiger partial charge is 0.493 e. The third-order valence-electron chi connectivity index (χ3n) is 3.33. The van der Waals surface area contributed by atoms with Gasteiger partial charge in [0.15, 0.2) is 4.77 Å². The van der Waals surface area contributed by atoms with Gasteiger partial charge < -0.3 is 4.74 Å². The Morgan fingerprint density at radius 1 is 1.50 bits per heavy atom. The molecule has 2 heterocycles. The summed E-state index contributed by atoms with van der Waals surface area (Å²) in [5, 5.41) is 7.18. The first-order valence-electron chi connectivity index (χ1n) is 6.18. The van der Waals surface area contributed by atoms with E-state index in [0.29, 0.717) is 4.77 Å². The molecule has 0 amide bonds. The Labute approximate surface area is 111 Å². The molecular formula is C13H15N3OS. The van der Waals surface area contributed by atoms with Crippen molar-refractivity contribution in [3.8, 4) is 5.75 Å². The zero-order valence-electron chi connectivity index (χ0n) is 10.2. The number of aromatic nitrogens is 3. The Kier molecular flexibility index (Phi) is 2.91. The summed E-state index contributed by atoms with van der Waals surface area (Å²) in [5.74, 6) is 1.96. The first-order valence-corrected chi connectivity index (χ1v) is 6.59. The maximum absolute atomic E-state index is 5.69. The van der Waals surface area contributed by atoms with Gasteiger partial charge >= 0.3 is 0 Å². The zero-order valence-corrected chi connectivity index (χ0v) is 11.0. The normalized spacial score (nSPS) is 18.2. The molecule has 1 N–H and O–H groups in total. The lowest BCUT2D eigenvalue weighted by Gasteiger charge is -2.27. The van der Waals surface area contributed by atoms with Crippen LogP contribution in [0.15, 0.2) is 24.3 Å². The molecule has 5 heteroatoms. The van der Waals surface area contributed by atoms with E-state index in [4.69, 9.17) is 17.0 Å². The van der Waals surface area contributed by atoms with Gasteiger partial charge in [-0.1, -0.05) is 25.1 Å². The van der Waals surface area contributed by atoms with Crippen molar-refractivity contribution in [1.82, 2.24) is 14.8 Å². The lowest BCUT2D eigenvalue weighted by Crippen LogP contribution is -2.21. The first-order chi connectivity index (χ1) is 8.81. The molecule has 18 heavy (non-hydrogen) atoms.